The third kappa shape index (κ3) is 4.84. The van der Waals surface area contributed by atoms with Crippen LogP contribution in [0, 0.1) is 27.7 Å². The normalized spacial score (nSPS) is 24.2. The summed E-state index contributed by atoms with van der Waals surface area (Å²) in [6.07, 6.45) is 10.1. The summed E-state index contributed by atoms with van der Waals surface area (Å²) in [5.41, 5.74) is 18.9. The van der Waals surface area contributed by atoms with Crippen molar-refractivity contribution in [3.8, 4) is 0 Å². The van der Waals surface area contributed by atoms with Gasteiger partial charge in [-0.1, -0.05) is 108 Å². The highest BCUT2D eigenvalue weighted by Gasteiger charge is 2.57. The Labute approximate surface area is 334 Å². The summed E-state index contributed by atoms with van der Waals surface area (Å²) in [6, 6.07) is 26.1. The van der Waals surface area contributed by atoms with Crippen LogP contribution in [0.4, 0.5) is 34.3 Å². The highest BCUT2D eigenvalue weighted by Crippen LogP contribution is 2.65. The number of para-hydroxylation sites is 1. The van der Waals surface area contributed by atoms with Crippen LogP contribution in [-0.2, 0) is 16.2 Å². The van der Waals surface area contributed by atoms with Crippen LogP contribution >= 0.6 is 11.8 Å². The third-order valence-corrected chi connectivity index (χ3v) is 16.6. The summed E-state index contributed by atoms with van der Waals surface area (Å²) in [7, 11) is 0. The first-order valence-corrected chi connectivity index (χ1v) is 21.9. The summed E-state index contributed by atoms with van der Waals surface area (Å²) in [5.74, 6) is 2.22. The van der Waals surface area contributed by atoms with Crippen LogP contribution in [0.1, 0.15) is 132 Å². The molecule has 5 aliphatic rings. The van der Waals surface area contributed by atoms with E-state index in [-0.39, 0.29) is 27.7 Å². The average Bonchev–Trinajstić information content (AvgIpc) is 3.63. The van der Waals surface area contributed by atoms with Gasteiger partial charge in [0.25, 0.3) is 6.71 Å². The van der Waals surface area contributed by atoms with Gasteiger partial charge in [-0.15, -0.1) is 11.8 Å². The third-order valence-electron chi connectivity index (χ3n) is 14.9. The van der Waals surface area contributed by atoms with E-state index in [9.17, 15) is 0 Å². The number of rotatable bonds is 2. The van der Waals surface area contributed by atoms with E-state index in [0.717, 1.165) is 18.7 Å². The maximum Gasteiger partial charge on any atom is 0.257 e. The van der Waals surface area contributed by atoms with E-state index in [1.807, 2.05) is 0 Å². The number of fused-ring (bicyclic) bond motifs is 10. The number of benzene rings is 4. The van der Waals surface area contributed by atoms with Gasteiger partial charge in [-0.05, 0) is 134 Å². The predicted molar refractivity (Wildman–Crippen MR) is 236 cm³/mol. The summed E-state index contributed by atoms with van der Waals surface area (Å²) in [4.78, 5) is 6.73. The lowest BCUT2D eigenvalue weighted by atomic mass is 9.32. The molecule has 1 aromatic heterocycles. The van der Waals surface area contributed by atoms with E-state index in [0.29, 0.717) is 0 Å². The summed E-state index contributed by atoms with van der Waals surface area (Å²) >= 11 is 2.21. The second-order valence-corrected chi connectivity index (χ2v) is 21.2. The van der Waals surface area contributed by atoms with Crippen molar-refractivity contribution in [1.29, 1.82) is 0 Å². The van der Waals surface area contributed by atoms with Crippen molar-refractivity contribution in [2.45, 2.75) is 146 Å². The van der Waals surface area contributed by atoms with Crippen molar-refractivity contribution in [2.24, 2.45) is 0 Å². The van der Waals surface area contributed by atoms with E-state index in [4.69, 9.17) is 4.42 Å². The zero-order valence-electron chi connectivity index (χ0n) is 34.8. The second kappa shape index (κ2) is 11.9. The van der Waals surface area contributed by atoms with Crippen molar-refractivity contribution >= 4 is 69.2 Å². The van der Waals surface area contributed by atoms with Gasteiger partial charge in [0, 0.05) is 37.5 Å². The number of hydrogen-bond acceptors (Lipinski definition) is 4. The van der Waals surface area contributed by atoms with E-state index in [1.54, 1.807) is 5.56 Å². The van der Waals surface area contributed by atoms with Gasteiger partial charge in [0.15, 0.2) is 5.88 Å². The van der Waals surface area contributed by atoms with Crippen molar-refractivity contribution in [3.63, 3.8) is 0 Å². The summed E-state index contributed by atoms with van der Waals surface area (Å²) < 4.78 is 7.70. The minimum Gasteiger partial charge on any atom is -0.444 e. The molecule has 3 nitrogen and oxygen atoms in total. The molecule has 2 unspecified atom stereocenters. The molecule has 0 bridgehead atoms. The van der Waals surface area contributed by atoms with Crippen molar-refractivity contribution in [1.82, 2.24) is 0 Å². The van der Waals surface area contributed by atoms with Gasteiger partial charge < -0.3 is 9.32 Å². The van der Waals surface area contributed by atoms with Crippen LogP contribution < -0.4 is 26.2 Å². The highest BCUT2D eigenvalue weighted by molar-refractivity contribution is 8.01. The fraction of sp³-hybridized carbons (Fsp3) is 0.440. The highest BCUT2D eigenvalue weighted by atomic mass is 32.2. The maximum atomic E-state index is 7.54. The zero-order valence-corrected chi connectivity index (χ0v) is 35.6. The molecule has 2 atom stereocenters. The molecule has 3 aliphatic heterocycles. The molecule has 0 spiro atoms. The first-order chi connectivity index (χ1) is 26.2. The molecular weight excluding hydrogens is 687 g/mol. The van der Waals surface area contributed by atoms with E-state index in [1.165, 1.54) is 122 Å². The summed E-state index contributed by atoms with van der Waals surface area (Å²) in [6.45, 7) is 24.1. The van der Waals surface area contributed by atoms with Gasteiger partial charge in [0.2, 0.25) is 0 Å². The predicted octanol–water partition coefficient (Wildman–Crippen LogP) is 12.4. The lowest BCUT2D eigenvalue weighted by Crippen LogP contribution is -2.63. The Morgan fingerprint density at radius 3 is 1.98 bits per heavy atom. The van der Waals surface area contributed by atoms with Gasteiger partial charge >= 0.3 is 0 Å². The summed E-state index contributed by atoms with van der Waals surface area (Å²) in [5, 5.41) is 0. The Morgan fingerprint density at radius 1 is 0.636 bits per heavy atom. The molecule has 0 radical (unpaired) electrons. The fourth-order valence-corrected chi connectivity index (χ4v) is 13.7. The van der Waals surface area contributed by atoms with Gasteiger partial charge in [-0.25, -0.2) is 0 Å². The number of furan rings is 1. The molecule has 55 heavy (non-hydrogen) atoms. The Balaban J connectivity index is 1.35. The van der Waals surface area contributed by atoms with Crippen molar-refractivity contribution < 1.29 is 4.42 Å². The number of nitrogens with zero attached hydrogens (tertiary/aromatic N) is 2. The van der Waals surface area contributed by atoms with Gasteiger partial charge in [0.1, 0.15) is 5.76 Å². The van der Waals surface area contributed by atoms with E-state index < -0.39 is 0 Å². The second-order valence-electron chi connectivity index (χ2n) is 19.7. The van der Waals surface area contributed by atoms with Crippen molar-refractivity contribution in [2.75, 3.05) is 9.80 Å². The molecule has 4 aromatic carbocycles. The molecule has 0 N–H and O–H groups in total. The van der Waals surface area contributed by atoms with Crippen LogP contribution in [0.3, 0.4) is 0 Å². The van der Waals surface area contributed by atoms with Crippen LogP contribution in [-0.4, -0.2) is 11.5 Å². The topological polar surface area (TPSA) is 19.6 Å². The fourth-order valence-electron chi connectivity index (χ4n) is 11.8. The minimum absolute atomic E-state index is 0.0259. The van der Waals surface area contributed by atoms with Crippen LogP contribution in [0.25, 0.3) is 0 Å². The van der Waals surface area contributed by atoms with E-state index in [2.05, 4.69) is 158 Å². The lowest BCUT2D eigenvalue weighted by Gasteiger charge is -2.45. The number of thioether (sulfide) groups is 1. The van der Waals surface area contributed by atoms with E-state index >= 15 is 0 Å². The molecule has 0 amide bonds. The van der Waals surface area contributed by atoms with Gasteiger partial charge in [-0.2, -0.15) is 0 Å². The van der Waals surface area contributed by atoms with Gasteiger partial charge in [-0.3, -0.25) is 4.90 Å². The molecule has 5 heteroatoms. The largest absolute Gasteiger partial charge is 0.444 e. The molecule has 5 aromatic rings. The first-order valence-electron chi connectivity index (χ1n) is 21.1. The first kappa shape index (κ1) is 35.6. The standard InChI is InChI=1S/C50H57BN2OS/c1-30-26-32(3)42(33(4)27-30)53-38-29-31(2)28-37-40(38)51(41-39-45(54-46(41)53)48(7,8)25-24-47(39,5)6)36-21-20-35-44(43(36)52(37)34-18-14-13-15-19-34)55-50(10)23-17-12-11-16-22-49(35,50)9/h13-15,18-21,26-29H,11-12,16-17,22-25H2,1-10H3. The monoisotopic (exact) mass is 744 g/mol. The molecule has 0 saturated heterocycles. The van der Waals surface area contributed by atoms with Crippen LogP contribution in [0.2, 0.25) is 0 Å². The average molecular weight is 745 g/mol. The number of hydrogen-bond donors (Lipinski definition) is 0. The molecular formula is C50H57BN2OS. The Hall–Kier alpha value is -3.83. The quantitative estimate of drug-likeness (QED) is 0.164. The molecule has 2 aliphatic carbocycles. The minimum atomic E-state index is -0.0621. The smallest absolute Gasteiger partial charge is 0.257 e. The Kier molecular flexibility index (Phi) is 7.67. The molecule has 1 saturated carbocycles. The van der Waals surface area contributed by atoms with Crippen molar-refractivity contribution in [3.05, 3.63) is 106 Å². The molecule has 10 rings (SSSR count). The Bertz CT molecular complexity index is 2400. The zero-order chi connectivity index (χ0) is 38.4. The molecule has 1 fully saturated rings. The number of aryl methyl sites for hydroxylation is 4. The van der Waals surface area contributed by atoms with Crippen LogP contribution in [0.5, 0.6) is 0 Å². The van der Waals surface area contributed by atoms with Gasteiger partial charge in [0.05, 0.1) is 11.4 Å². The molecule has 282 valence electrons. The Morgan fingerprint density at radius 2 is 1.27 bits per heavy atom. The SMILES string of the molecule is Cc1cc(C)c(N2c3cc(C)cc4c3B(c3ccc5c(c3N4c3ccccc3)SC3(C)CCCCCCC53C)c3c2oc2c3C(C)(C)CCC2(C)C)c(C)c1. The van der Waals surface area contributed by atoms with Crippen LogP contribution in [0.15, 0.2) is 76.0 Å². The number of anilines is 6. The lowest BCUT2D eigenvalue weighted by molar-refractivity contribution is 0.280. The molecule has 4 heterocycles. The maximum absolute atomic E-state index is 7.54.